The molecular weight excluding hydrogens is 372 g/mol. The summed E-state index contributed by atoms with van der Waals surface area (Å²) in [5.41, 5.74) is 2.35. The Morgan fingerprint density at radius 2 is 1.97 bits per heavy atom. The number of nitrogens with one attached hydrogen (secondary N) is 1. The first-order valence-electron chi connectivity index (χ1n) is 9.18. The van der Waals surface area contributed by atoms with Crippen molar-refractivity contribution in [1.82, 2.24) is 15.1 Å². The van der Waals surface area contributed by atoms with Gasteiger partial charge >= 0.3 is 5.63 Å². The molecule has 8 nitrogen and oxygen atoms in total. The van der Waals surface area contributed by atoms with Crippen molar-refractivity contribution in [3.05, 3.63) is 86.3 Å². The Bertz CT molecular complexity index is 1300. The quantitative estimate of drug-likeness (QED) is 0.522. The molecule has 29 heavy (non-hydrogen) atoms. The summed E-state index contributed by atoms with van der Waals surface area (Å²) >= 11 is 0. The zero-order valence-electron chi connectivity index (χ0n) is 16.0. The highest BCUT2D eigenvalue weighted by Crippen LogP contribution is 2.14. The van der Waals surface area contributed by atoms with Crippen LogP contribution >= 0.6 is 0 Å². The summed E-state index contributed by atoms with van der Waals surface area (Å²) in [5.74, 6) is 0. The molecular formula is C21H19N4O4+. The third-order valence-corrected chi connectivity index (χ3v) is 4.60. The highest BCUT2D eigenvalue weighted by atomic mass is 16.5. The van der Waals surface area contributed by atoms with Crippen molar-refractivity contribution in [2.45, 2.75) is 26.9 Å². The van der Waals surface area contributed by atoms with E-state index in [4.69, 9.17) is 9.15 Å². The molecule has 4 rings (SSSR count). The van der Waals surface area contributed by atoms with Gasteiger partial charge in [-0.1, -0.05) is 29.8 Å². The minimum atomic E-state index is -0.549. The average molecular weight is 391 g/mol. The molecule has 0 fully saturated rings. The maximum absolute atomic E-state index is 12.4. The van der Waals surface area contributed by atoms with Crippen molar-refractivity contribution < 1.29 is 13.8 Å². The first-order valence-corrected chi connectivity index (χ1v) is 9.18. The van der Waals surface area contributed by atoms with Gasteiger partial charge in [0.25, 0.3) is 11.6 Å². The third-order valence-electron chi connectivity index (χ3n) is 4.60. The number of aromatic nitrogens is 4. The van der Waals surface area contributed by atoms with Crippen LogP contribution in [-0.4, -0.2) is 15.1 Å². The van der Waals surface area contributed by atoms with Crippen molar-refractivity contribution in [1.29, 1.82) is 0 Å². The Balaban J connectivity index is 1.60. The summed E-state index contributed by atoms with van der Waals surface area (Å²) in [6.07, 6.45) is 4.12. The molecule has 0 unspecified atom stereocenters. The second-order valence-corrected chi connectivity index (χ2v) is 6.55. The van der Waals surface area contributed by atoms with Gasteiger partial charge in [0.1, 0.15) is 18.2 Å². The number of ether oxygens (including phenoxy) is 1. The molecule has 0 aliphatic carbocycles. The summed E-state index contributed by atoms with van der Waals surface area (Å²) in [5, 5.41) is 4.67. The smallest absolute Gasteiger partial charge is 0.337 e. The molecule has 0 saturated carbocycles. The largest absolute Gasteiger partial charge is 0.460 e. The Morgan fingerprint density at radius 3 is 2.69 bits per heavy atom. The van der Waals surface area contributed by atoms with E-state index in [-0.39, 0.29) is 23.7 Å². The molecule has 0 aliphatic rings. The van der Waals surface area contributed by atoms with Crippen LogP contribution in [0.4, 0.5) is 0 Å². The van der Waals surface area contributed by atoms with Crippen LogP contribution in [0.2, 0.25) is 0 Å². The highest BCUT2D eigenvalue weighted by molar-refractivity contribution is 5.75. The fraction of sp³-hybridized carbons (Fsp3) is 0.190. The molecule has 0 amide bonds. The van der Waals surface area contributed by atoms with E-state index in [9.17, 15) is 9.59 Å². The number of H-pyrrole nitrogens is 1. The van der Waals surface area contributed by atoms with Crippen LogP contribution in [0.15, 0.2) is 62.8 Å². The lowest BCUT2D eigenvalue weighted by molar-refractivity contribution is -0.660. The molecule has 0 radical (unpaired) electrons. The SMILES string of the molecule is CCc1cc(=O)oc2nc(OCc3cn[n+](-c4ccccc4)cc3C)[nH]c(=O)c12. The van der Waals surface area contributed by atoms with Crippen LogP contribution in [0.25, 0.3) is 16.8 Å². The molecule has 8 heteroatoms. The molecule has 3 aromatic heterocycles. The lowest BCUT2D eigenvalue weighted by Crippen LogP contribution is -2.35. The van der Waals surface area contributed by atoms with Gasteiger partial charge < -0.3 is 9.15 Å². The number of aromatic amines is 1. The van der Waals surface area contributed by atoms with Gasteiger partial charge in [-0.15, -0.1) is 0 Å². The number of fused-ring (bicyclic) bond motifs is 1. The van der Waals surface area contributed by atoms with Gasteiger partial charge in [0.2, 0.25) is 17.6 Å². The first kappa shape index (κ1) is 18.5. The highest BCUT2D eigenvalue weighted by Gasteiger charge is 2.14. The summed E-state index contributed by atoms with van der Waals surface area (Å²) in [6, 6.07) is 11.1. The second kappa shape index (κ2) is 7.67. The van der Waals surface area contributed by atoms with E-state index in [2.05, 4.69) is 15.1 Å². The average Bonchev–Trinajstić information content (AvgIpc) is 2.72. The molecule has 146 valence electrons. The van der Waals surface area contributed by atoms with Gasteiger partial charge in [0.05, 0.1) is 0 Å². The van der Waals surface area contributed by atoms with E-state index in [1.165, 1.54) is 6.07 Å². The molecule has 0 saturated heterocycles. The van der Waals surface area contributed by atoms with E-state index < -0.39 is 11.2 Å². The lowest BCUT2D eigenvalue weighted by atomic mass is 10.1. The van der Waals surface area contributed by atoms with E-state index in [1.54, 1.807) is 10.9 Å². The van der Waals surface area contributed by atoms with Crippen LogP contribution in [0.5, 0.6) is 6.01 Å². The summed E-state index contributed by atoms with van der Waals surface area (Å²) in [4.78, 5) is 30.8. The fourth-order valence-corrected chi connectivity index (χ4v) is 3.03. The number of hydrogen-bond donors (Lipinski definition) is 1. The van der Waals surface area contributed by atoms with Gasteiger partial charge in [-0.05, 0) is 24.0 Å². The normalized spacial score (nSPS) is 11.0. The number of rotatable bonds is 5. The summed E-state index contributed by atoms with van der Waals surface area (Å²) < 4.78 is 12.5. The predicted molar refractivity (Wildman–Crippen MR) is 105 cm³/mol. The molecule has 1 aromatic carbocycles. The van der Waals surface area contributed by atoms with Gasteiger partial charge in [0, 0.05) is 29.3 Å². The van der Waals surface area contributed by atoms with Crippen LogP contribution in [-0.2, 0) is 13.0 Å². The Morgan fingerprint density at radius 1 is 1.17 bits per heavy atom. The molecule has 0 aliphatic heterocycles. The van der Waals surface area contributed by atoms with E-state index in [0.29, 0.717) is 12.0 Å². The van der Waals surface area contributed by atoms with E-state index in [0.717, 1.165) is 16.8 Å². The summed E-state index contributed by atoms with van der Waals surface area (Å²) in [7, 11) is 0. The van der Waals surface area contributed by atoms with Crippen LogP contribution in [0.3, 0.4) is 0 Å². The first-order chi connectivity index (χ1) is 14.0. The maximum atomic E-state index is 12.4. The number of aryl methyl sites for hydroxylation is 2. The van der Waals surface area contributed by atoms with Crippen LogP contribution < -0.4 is 20.6 Å². The third kappa shape index (κ3) is 3.77. The molecule has 3 heterocycles. The minimum absolute atomic E-state index is 0.0157. The number of para-hydroxylation sites is 1. The van der Waals surface area contributed by atoms with Crippen molar-refractivity contribution in [2.24, 2.45) is 0 Å². The zero-order valence-corrected chi connectivity index (χ0v) is 16.0. The Labute approximate surface area is 165 Å². The Kier molecular flexibility index (Phi) is 4.90. The van der Waals surface area contributed by atoms with Crippen molar-refractivity contribution >= 4 is 11.1 Å². The van der Waals surface area contributed by atoms with Gasteiger partial charge in [-0.3, -0.25) is 9.78 Å². The Hall–Kier alpha value is -3.81. The predicted octanol–water partition coefficient (Wildman–Crippen LogP) is 2.00. The van der Waals surface area contributed by atoms with Crippen molar-refractivity contribution in [3.8, 4) is 11.7 Å². The minimum Gasteiger partial charge on any atom is -0.460 e. The van der Waals surface area contributed by atoms with Gasteiger partial charge in [0.15, 0.2) is 0 Å². The molecule has 4 aromatic rings. The van der Waals surface area contributed by atoms with Crippen LogP contribution in [0, 0.1) is 6.92 Å². The van der Waals surface area contributed by atoms with Crippen molar-refractivity contribution in [2.75, 3.05) is 0 Å². The monoisotopic (exact) mass is 391 g/mol. The molecule has 0 spiro atoms. The topological polar surface area (TPSA) is 102 Å². The fourth-order valence-electron chi connectivity index (χ4n) is 3.03. The number of nitrogens with zero attached hydrogens (tertiary/aromatic N) is 3. The van der Waals surface area contributed by atoms with Crippen molar-refractivity contribution in [3.63, 3.8) is 0 Å². The number of hydrogen-bond acceptors (Lipinski definition) is 6. The van der Waals surface area contributed by atoms with Gasteiger partial charge in [-0.2, -0.15) is 4.98 Å². The van der Waals surface area contributed by atoms with Gasteiger partial charge in [-0.25, -0.2) is 4.79 Å². The molecule has 1 N–H and O–H groups in total. The lowest BCUT2D eigenvalue weighted by Gasteiger charge is -2.07. The van der Waals surface area contributed by atoms with Crippen LogP contribution in [0.1, 0.15) is 23.6 Å². The standard InChI is InChI=1S/C21H18N4O4/c1-3-14-9-17(26)29-20-18(14)19(27)23-21(24-20)28-12-15-10-22-25(11-13(15)2)16-7-5-4-6-8-16/h4-11H,3,12H2,1-2H3/p+1. The molecule has 0 atom stereocenters. The summed E-state index contributed by atoms with van der Waals surface area (Å²) in [6.45, 7) is 3.95. The maximum Gasteiger partial charge on any atom is 0.337 e. The van der Waals surface area contributed by atoms with E-state index in [1.807, 2.05) is 50.4 Å². The van der Waals surface area contributed by atoms with E-state index >= 15 is 0 Å². The number of benzene rings is 1. The molecule has 0 bridgehead atoms. The second-order valence-electron chi connectivity index (χ2n) is 6.55. The zero-order chi connectivity index (χ0) is 20.4.